The quantitative estimate of drug-likeness (QED) is 0.286. The smallest absolute Gasteiger partial charge is 0.267 e. The number of hydrogen-bond donors (Lipinski definition) is 3. The second kappa shape index (κ2) is 8.89. The highest BCUT2D eigenvalue weighted by Gasteiger charge is 2.24. The van der Waals surface area contributed by atoms with Crippen molar-refractivity contribution in [2.45, 2.75) is 30.3 Å². The van der Waals surface area contributed by atoms with Crippen LogP contribution in [0.5, 0.6) is 0 Å². The molecule has 1 aliphatic rings. The van der Waals surface area contributed by atoms with Gasteiger partial charge in [0, 0.05) is 31.1 Å². The van der Waals surface area contributed by atoms with Crippen LogP contribution in [0.2, 0.25) is 0 Å². The Labute approximate surface area is 181 Å². The summed E-state index contributed by atoms with van der Waals surface area (Å²) < 4.78 is 28.1. The molecular formula is C23H23N3O4S. The zero-order valence-electron chi connectivity index (χ0n) is 16.7. The lowest BCUT2D eigenvalue weighted by Gasteiger charge is -2.14. The number of benzene rings is 2. The molecule has 0 unspecified atom stereocenters. The molecule has 4 rings (SSSR count). The molecular weight excluding hydrogens is 414 g/mol. The molecule has 7 nitrogen and oxygen atoms in total. The van der Waals surface area contributed by atoms with Crippen LogP contribution in [-0.4, -0.2) is 29.5 Å². The Morgan fingerprint density at radius 3 is 2.58 bits per heavy atom. The number of carbonyl (C=O) groups is 1. The van der Waals surface area contributed by atoms with Gasteiger partial charge in [-0.2, -0.15) is 0 Å². The molecule has 0 bridgehead atoms. The molecule has 1 aromatic heterocycles. The first-order valence-corrected chi connectivity index (χ1v) is 11.4. The van der Waals surface area contributed by atoms with E-state index in [2.05, 4.69) is 5.32 Å². The van der Waals surface area contributed by atoms with E-state index in [1.54, 1.807) is 12.1 Å². The van der Waals surface area contributed by atoms with Crippen molar-refractivity contribution in [3.8, 4) is 11.1 Å². The van der Waals surface area contributed by atoms with Crippen LogP contribution in [0.4, 0.5) is 0 Å². The van der Waals surface area contributed by atoms with Gasteiger partial charge in [0.2, 0.25) is 0 Å². The van der Waals surface area contributed by atoms with Gasteiger partial charge in [-0.15, -0.1) is 0 Å². The molecule has 1 heterocycles. The van der Waals surface area contributed by atoms with Gasteiger partial charge in [-0.3, -0.25) is 10.0 Å². The zero-order chi connectivity index (χ0) is 21.8. The van der Waals surface area contributed by atoms with E-state index in [4.69, 9.17) is 5.21 Å². The number of carbonyl (C=O) groups excluding carboxylic acids is 1. The van der Waals surface area contributed by atoms with Gasteiger partial charge in [-0.25, -0.2) is 17.9 Å². The third-order valence-electron chi connectivity index (χ3n) is 5.12. The Kier molecular flexibility index (Phi) is 6.03. The first-order chi connectivity index (χ1) is 15.0. The molecule has 0 aliphatic heterocycles. The summed E-state index contributed by atoms with van der Waals surface area (Å²) in [6.07, 6.45) is 7.64. The number of amides is 1. The van der Waals surface area contributed by atoms with E-state index in [0.29, 0.717) is 23.7 Å². The Morgan fingerprint density at radius 2 is 1.87 bits per heavy atom. The molecule has 1 amide bonds. The number of nitrogens with zero attached hydrogens (tertiary/aromatic N) is 1. The van der Waals surface area contributed by atoms with Crippen LogP contribution >= 0.6 is 0 Å². The van der Waals surface area contributed by atoms with E-state index < -0.39 is 15.9 Å². The molecule has 0 atom stereocenters. The number of hydroxylamine groups is 1. The van der Waals surface area contributed by atoms with Gasteiger partial charge in [-0.05, 0) is 53.3 Å². The average molecular weight is 438 g/mol. The normalized spacial score (nSPS) is 14.1. The van der Waals surface area contributed by atoms with Crippen molar-refractivity contribution in [1.82, 2.24) is 14.8 Å². The maximum absolute atomic E-state index is 13.5. The summed E-state index contributed by atoms with van der Waals surface area (Å²) in [6.45, 7) is 0.471. The minimum atomic E-state index is -3.86. The van der Waals surface area contributed by atoms with Crippen LogP contribution in [0.15, 0.2) is 78.0 Å². The number of aromatic nitrogens is 1. The number of hydrogen-bond acceptors (Lipinski definition) is 5. The van der Waals surface area contributed by atoms with Crippen LogP contribution in [-0.2, 0) is 21.4 Å². The molecule has 2 aromatic carbocycles. The second-order valence-corrected chi connectivity index (χ2v) is 9.24. The monoisotopic (exact) mass is 437 g/mol. The SMILES string of the molecule is O=C(/C=C/c1ccn(S(=O)(=O)c2cc(-c3ccccc3)ccc2CNC2CC2)c1)NO. The van der Waals surface area contributed by atoms with Gasteiger partial charge in [0.1, 0.15) is 0 Å². The minimum Gasteiger partial charge on any atom is -0.310 e. The summed E-state index contributed by atoms with van der Waals surface area (Å²) >= 11 is 0. The molecule has 3 N–H and O–H groups in total. The van der Waals surface area contributed by atoms with E-state index >= 15 is 0 Å². The van der Waals surface area contributed by atoms with Gasteiger partial charge < -0.3 is 5.32 Å². The lowest BCUT2D eigenvalue weighted by Crippen LogP contribution is -2.20. The molecule has 0 spiro atoms. The minimum absolute atomic E-state index is 0.237. The Hall–Kier alpha value is -3.20. The summed E-state index contributed by atoms with van der Waals surface area (Å²) in [6, 6.07) is 17.2. The molecule has 31 heavy (non-hydrogen) atoms. The molecule has 8 heteroatoms. The highest BCUT2D eigenvalue weighted by molar-refractivity contribution is 7.90. The van der Waals surface area contributed by atoms with Crippen molar-refractivity contribution >= 4 is 22.0 Å². The fourth-order valence-electron chi connectivity index (χ4n) is 3.26. The molecule has 160 valence electrons. The lowest BCUT2D eigenvalue weighted by atomic mass is 10.0. The van der Waals surface area contributed by atoms with Crippen LogP contribution in [0.25, 0.3) is 17.2 Å². The summed E-state index contributed by atoms with van der Waals surface area (Å²) in [5, 5.41) is 12.0. The fraction of sp³-hybridized carbons (Fsp3) is 0.174. The largest absolute Gasteiger partial charge is 0.310 e. The number of rotatable bonds is 8. The molecule has 1 aliphatic carbocycles. The fourth-order valence-corrected chi connectivity index (χ4v) is 4.71. The standard InChI is InChI=1S/C23H23N3O4S/c27-23(25-28)11-6-17-12-13-26(16-17)31(29,30)22-14-19(18-4-2-1-3-5-18)7-8-20(22)15-24-21-9-10-21/h1-8,11-14,16,21,24,28H,9-10,15H2,(H,25,27)/b11-6+. The first kappa shape index (κ1) is 21.0. The summed E-state index contributed by atoms with van der Waals surface area (Å²) in [7, 11) is -3.86. The van der Waals surface area contributed by atoms with E-state index in [-0.39, 0.29) is 4.90 Å². The van der Waals surface area contributed by atoms with E-state index in [0.717, 1.165) is 34.0 Å². The molecule has 0 radical (unpaired) electrons. The highest BCUT2D eigenvalue weighted by Crippen LogP contribution is 2.28. The van der Waals surface area contributed by atoms with Gasteiger partial charge in [0.05, 0.1) is 4.90 Å². The maximum Gasteiger partial charge on any atom is 0.267 e. The third kappa shape index (κ3) is 4.93. The van der Waals surface area contributed by atoms with Crippen LogP contribution < -0.4 is 10.8 Å². The number of nitrogens with one attached hydrogen (secondary N) is 2. The maximum atomic E-state index is 13.5. The highest BCUT2D eigenvalue weighted by atomic mass is 32.2. The lowest BCUT2D eigenvalue weighted by molar-refractivity contribution is -0.124. The third-order valence-corrected chi connectivity index (χ3v) is 6.83. The van der Waals surface area contributed by atoms with Gasteiger partial charge >= 0.3 is 0 Å². The van der Waals surface area contributed by atoms with Crippen molar-refractivity contribution in [2.75, 3.05) is 0 Å². The van der Waals surface area contributed by atoms with E-state index in [1.165, 1.54) is 23.9 Å². The molecule has 1 fully saturated rings. The topological polar surface area (TPSA) is 100 Å². The first-order valence-electron chi connectivity index (χ1n) is 9.95. The Morgan fingerprint density at radius 1 is 1.10 bits per heavy atom. The van der Waals surface area contributed by atoms with E-state index in [9.17, 15) is 13.2 Å². The predicted molar refractivity (Wildman–Crippen MR) is 118 cm³/mol. The average Bonchev–Trinajstić information content (AvgIpc) is 3.50. The Bertz CT molecular complexity index is 1210. The van der Waals surface area contributed by atoms with Gasteiger partial charge in [0.15, 0.2) is 0 Å². The van der Waals surface area contributed by atoms with Crippen molar-refractivity contribution in [3.05, 3.63) is 84.2 Å². The predicted octanol–water partition coefficient (Wildman–Crippen LogP) is 3.16. The van der Waals surface area contributed by atoms with Crippen molar-refractivity contribution in [2.24, 2.45) is 0 Å². The zero-order valence-corrected chi connectivity index (χ0v) is 17.5. The summed E-state index contributed by atoms with van der Waals surface area (Å²) in [5.41, 5.74) is 4.48. The van der Waals surface area contributed by atoms with Crippen LogP contribution in [0, 0.1) is 0 Å². The van der Waals surface area contributed by atoms with Crippen molar-refractivity contribution < 1.29 is 18.4 Å². The van der Waals surface area contributed by atoms with Gasteiger partial charge in [-0.1, -0.05) is 42.5 Å². The molecule has 1 saturated carbocycles. The summed E-state index contributed by atoms with van der Waals surface area (Å²) in [4.78, 5) is 11.4. The summed E-state index contributed by atoms with van der Waals surface area (Å²) in [5.74, 6) is -0.695. The Balaban J connectivity index is 1.71. The van der Waals surface area contributed by atoms with Crippen molar-refractivity contribution in [1.29, 1.82) is 0 Å². The molecule has 0 saturated heterocycles. The van der Waals surface area contributed by atoms with Crippen LogP contribution in [0.1, 0.15) is 24.0 Å². The van der Waals surface area contributed by atoms with Crippen LogP contribution in [0.3, 0.4) is 0 Å². The van der Waals surface area contributed by atoms with Gasteiger partial charge in [0.25, 0.3) is 15.9 Å². The van der Waals surface area contributed by atoms with Crippen molar-refractivity contribution in [3.63, 3.8) is 0 Å². The molecule has 3 aromatic rings. The second-order valence-electron chi connectivity index (χ2n) is 7.43. The van der Waals surface area contributed by atoms with E-state index in [1.807, 2.05) is 42.5 Å².